The zero-order valence-electron chi connectivity index (χ0n) is 78.4. The van der Waals surface area contributed by atoms with Crippen LogP contribution in [0.1, 0.15) is 0 Å². The van der Waals surface area contributed by atoms with Crippen LogP contribution in [0.4, 0.5) is 51.2 Å². The second-order valence-electron chi connectivity index (χ2n) is 37.7. The zero-order chi connectivity index (χ0) is 95.7. The number of benzene rings is 23. The maximum atomic E-state index is 6.52. The van der Waals surface area contributed by atoms with Gasteiger partial charge in [-0.1, -0.05) is 352 Å². The van der Waals surface area contributed by atoms with E-state index < -0.39 is 0 Å². The quantitative estimate of drug-likeness (QED) is 0.139. The summed E-state index contributed by atoms with van der Waals surface area (Å²) in [6.45, 7) is 0. The van der Waals surface area contributed by atoms with Crippen molar-refractivity contribution in [2.45, 2.75) is 0 Å². The third kappa shape index (κ3) is 13.2. The average Bonchev–Trinajstić information content (AvgIpc) is 1.17. The Kier molecular flexibility index (Phi) is 18.9. The number of nitrogens with zero attached hydrogens (tertiary/aromatic N) is 9. The molecule has 12 heteroatoms. The first kappa shape index (κ1) is 82.9. The van der Waals surface area contributed by atoms with Crippen molar-refractivity contribution in [3.05, 3.63) is 479 Å². The smallest absolute Gasteiger partial charge is 0.162 e. The van der Waals surface area contributed by atoms with Gasteiger partial charge in [0, 0.05) is 150 Å². The van der Waals surface area contributed by atoms with E-state index in [9.17, 15) is 0 Å². The fourth-order valence-corrected chi connectivity index (χ4v) is 25.4. The van der Waals surface area contributed by atoms with Crippen LogP contribution in [0.15, 0.2) is 484 Å². The number of aromatic nitrogens is 6. The SMILES string of the molecule is c1cc(-c2nc(-c3ccc4sc5ccccc5c4c3)c3ccccc3n2)cc(N2c3ccccc3-c3cccc4cccc2c34)c1.c1ccc2c(c1)-c1cccc3cccc(c13)N2c1c(-c2nc(-c3cccc4sc5ccccc5c34)c3ccccc3n2)ccc2ccccc12.c1ccc2c(c1)-c1cccc3cccc(c13)N2c1cc(-c2nc(-c3cccc4c3oc3ccccc34)c3ccccc3n2)c2ccccc2c1. The Morgan fingerprint density at radius 2 is 0.596 bits per heavy atom. The van der Waals surface area contributed by atoms with Gasteiger partial charge in [-0.3, -0.25) is 0 Å². The van der Waals surface area contributed by atoms with E-state index in [2.05, 4.69) is 476 Å². The van der Waals surface area contributed by atoms with Crippen molar-refractivity contribution in [1.82, 2.24) is 29.9 Å². The summed E-state index contributed by atoms with van der Waals surface area (Å²) < 4.78 is 11.7. The first-order valence-electron chi connectivity index (χ1n) is 49.3. The van der Waals surface area contributed by atoms with Crippen LogP contribution in [-0.2, 0) is 0 Å². The molecule has 9 heterocycles. The Bertz CT molecular complexity index is 10600. The molecule has 0 atom stereocenters. The van der Waals surface area contributed by atoms with Crippen LogP contribution >= 0.6 is 22.7 Å². The molecule has 0 aliphatic carbocycles. The van der Waals surface area contributed by atoms with E-state index in [4.69, 9.17) is 34.3 Å². The summed E-state index contributed by atoms with van der Waals surface area (Å²) in [6.07, 6.45) is 0. The molecular weight excluding hydrogens is 1820 g/mol. The molecule has 6 aromatic heterocycles. The largest absolute Gasteiger partial charge is 0.455 e. The summed E-state index contributed by atoms with van der Waals surface area (Å²) >= 11 is 3.67. The summed E-state index contributed by atoms with van der Waals surface area (Å²) in [6, 6.07) is 171. The van der Waals surface area contributed by atoms with Gasteiger partial charge >= 0.3 is 0 Å². The molecule has 3 aliphatic rings. The number of rotatable bonds is 9. The lowest BCUT2D eigenvalue weighted by Crippen LogP contribution is -2.16. The maximum Gasteiger partial charge on any atom is 0.162 e. The molecule has 0 amide bonds. The van der Waals surface area contributed by atoms with Gasteiger partial charge in [0.1, 0.15) is 11.2 Å². The van der Waals surface area contributed by atoms with E-state index in [1.54, 1.807) is 0 Å². The van der Waals surface area contributed by atoms with Crippen molar-refractivity contribution < 1.29 is 4.42 Å². The van der Waals surface area contributed by atoms with Gasteiger partial charge in [0.15, 0.2) is 17.5 Å². The lowest BCUT2D eigenvalue weighted by atomic mass is 9.89. The van der Waals surface area contributed by atoms with E-state index in [-0.39, 0.29) is 0 Å². The summed E-state index contributed by atoms with van der Waals surface area (Å²) in [5.41, 5.74) is 31.0. The molecule has 32 rings (SSSR count). The summed E-state index contributed by atoms with van der Waals surface area (Å²) in [7, 11) is 0. The van der Waals surface area contributed by atoms with Gasteiger partial charge in [0.05, 0.1) is 73.4 Å². The molecule has 0 saturated carbocycles. The Morgan fingerprint density at radius 1 is 0.185 bits per heavy atom. The minimum atomic E-state index is 0.675. The van der Waals surface area contributed by atoms with Crippen molar-refractivity contribution in [2.75, 3.05) is 14.7 Å². The number of fused-ring (bicyclic) bond motifs is 20. The van der Waals surface area contributed by atoms with Gasteiger partial charge in [-0.25, -0.2) is 29.9 Å². The van der Waals surface area contributed by atoms with Crippen molar-refractivity contribution in [3.63, 3.8) is 0 Å². The monoisotopic (exact) mass is 1890 g/mol. The van der Waals surface area contributed by atoms with E-state index in [1.807, 2.05) is 40.9 Å². The van der Waals surface area contributed by atoms with E-state index in [0.29, 0.717) is 11.6 Å². The Labute approximate surface area is 845 Å². The highest BCUT2D eigenvalue weighted by molar-refractivity contribution is 7.26. The van der Waals surface area contributed by atoms with Crippen LogP contribution in [0.25, 0.3) is 250 Å². The minimum Gasteiger partial charge on any atom is -0.455 e. The molecule has 0 unspecified atom stereocenters. The molecule has 0 saturated heterocycles. The van der Waals surface area contributed by atoms with Gasteiger partial charge in [0.25, 0.3) is 0 Å². The molecule has 29 aromatic rings. The molecule has 3 aliphatic heterocycles. The van der Waals surface area contributed by atoms with Crippen LogP contribution in [-0.4, -0.2) is 29.9 Å². The molecule has 10 nitrogen and oxygen atoms in total. The van der Waals surface area contributed by atoms with Crippen LogP contribution in [0.2, 0.25) is 0 Å². The molecule has 0 bridgehead atoms. The molecule has 0 fully saturated rings. The van der Waals surface area contributed by atoms with E-state index >= 15 is 0 Å². The highest BCUT2D eigenvalue weighted by Crippen LogP contribution is 2.58. The normalized spacial score (nSPS) is 12.3. The number of hydrogen-bond donors (Lipinski definition) is 0. The minimum absolute atomic E-state index is 0.675. The fraction of sp³-hybridized carbons (Fsp3) is 0. The molecule has 23 aromatic carbocycles. The molecule has 0 radical (unpaired) electrons. The summed E-state index contributed by atoms with van der Waals surface area (Å²) in [5.74, 6) is 2.10. The second-order valence-corrected chi connectivity index (χ2v) is 39.8. The Balaban J connectivity index is 0.000000102. The third-order valence-electron chi connectivity index (χ3n) is 29.5. The average molecular weight is 1900 g/mol. The summed E-state index contributed by atoms with van der Waals surface area (Å²) in [4.78, 5) is 39.2. The molecular formula is C134H79N9OS2. The first-order valence-corrected chi connectivity index (χ1v) is 51.0. The standard InChI is InChI=1S/C46H27N3O.C46H27N3S.C42H25N3S/c1-2-15-31-29(12-1)26-30(49-40-23-7-4-16-32(40)34-19-9-13-28-14-10-24-41(49)43(28)34)27-38(31)46-47-39-22-6-3-18-36(39)44(48-46)37-21-11-20-35-33-17-5-8-25-42(33)50-45(35)37;1-2-15-30-28(12-1)26-27-36(45(30)49-38-22-7-4-16-31(38)32-19-9-13-29-14-10-23-39(49)42(29)32)46-47-37-21-6-3-17-33(37)44(48-46)35-20-11-25-41-43(35)34-18-5-8-24-40(34)50-41;1-4-18-35-33(16-1)41(27-22-23-39-34(25-27)31-15-3-6-21-38(31)46-39)44-42(43-35)28-12-7-13-29(24-28)45-36-19-5-2-14-30(36)32-17-8-10-26-11-9-20-37(45)40(26)32/h2*1-27H;1-25H. The van der Waals surface area contributed by atoms with Crippen LogP contribution in [0.3, 0.4) is 0 Å². The Morgan fingerprint density at radius 3 is 1.24 bits per heavy atom. The van der Waals surface area contributed by atoms with E-state index in [0.717, 1.165) is 167 Å². The molecule has 146 heavy (non-hydrogen) atoms. The first-order chi connectivity index (χ1) is 72.4. The number of hydrogen-bond acceptors (Lipinski definition) is 12. The number of para-hydroxylation sites is 8. The lowest BCUT2D eigenvalue weighted by Gasteiger charge is -2.35. The van der Waals surface area contributed by atoms with Gasteiger partial charge < -0.3 is 19.1 Å². The van der Waals surface area contributed by atoms with Crippen molar-refractivity contribution in [3.8, 4) is 101 Å². The zero-order valence-corrected chi connectivity index (χ0v) is 80.0. The molecule has 0 spiro atoms. The maximum absolute atomic E-state index is 6.52. The van der Waals surface area contributed by atoms with Crippen LogP contribution in [0, 0.1) is 0 Å². The molecule has 678 valence electrons. The van der Waals surface area contributed by atoms with Crippen LogP contribution < -0.4 is 14.7 Å². The number of anilines is 9. The van der Waals surface area contributed by atoms with E-state index in [1.165, 1.54) is 123 Å². The third-order valence-corrected chi connectivity index (χ3v) is 31.8. The topological polar surface area (TPSA) is 100 Å². The fourth-order valence-electron chi connectivity index (χ4n) is 23.2. The predicted octanol–water partition coefficient (Wildman–Crippen LogP) is 37.6. The lowest BCUT2D eigenvalue weighted by molar-refractivity contribution is 0.670. The number of furan rings is 1. The van der Waals surface area contributed by atoms with Crippen molar-refractivity contribution in [2.24, 2.45) is 0 Å². The predicted molar refractivity (Wildman–Crippen MR) is 613 cm³/mol. The number of thiophene rings is 2. The van der Waals surface area contributed by atoms with Gasteiger partial charge in [0.2, 0.25) is 0 Å². The highest BCUT2D eigenvalue weighted by Gasteiger charge is 2.34. The van der Waals surface area contributed by atoms with Crippen molar-refractivity contribution >= 4 is 223 Å². The molecule has 0 N–H and O–H groups in total. The highest BCUT2D eigenvalue weighted by atomic mass is 32.1. The van der Waals surface area contributed by atoms with Crippen molar-refractivity contribution in [1.29, 1.82) is 0 Å². The summed E-state index contributed by atoms with van der Waals surface area (Å²) in [5, 5.41) is 22.3. The van der Waals surface area contributed by atoms with Gasteiger partial charge in [-0.15, -0.1) is 22.7 Å². The second kappa shape index (κ2) is 33.4. The van der Waals surface area contributed by atoms with Crippen LogP contribution in [0.5, 0.6) is 0 Å². The Hall–Kier alpha value is -19.0. The van der Waals surface area contributed by atoms with Gasteiger partial charge in [-0.05, 0) is 176 Å². The van der Waals surface area contributed by atoms with Gasteiger partial charge in [-0.2, -0.15) is 0 Å².